The molecule has 106 valence electrons. The van der Waals surface area contributed by atoms with Crippen LogP contribution in [0.2, 0.25) is 5.02 Å². The minimum absolute atomic E-state index is 0.0566. The van der Waals surface area contributed by atoms with Crippen molar-refractivity contribution >= 4 is 39.1 Å². The van der Waals surface area contributed by atoms with Crippen LogP contribution in [0.5, 0.6) is 5.75 Å². The van der Waals surface area contributed by atoms with Crippen LogP contribution in [-0.4, -0.2) is 6.61 Å². The maximum absolute atomic E-state index is 14.1. The number of rotatable bonds is 4. The fourth-order valence-electron chi connectivity index (χ4n) is 1.89. The van der Waals surface area contributed by atoms with Gasteiger partial charge in [0.1, 0.15) is 11.6 Å². The van der Waals surface area contributed by atoms with E-state index >= 15 is 0 Å². The predicted octanol–water partition coefficient (Wildman–Crippen LogP) is 5.97. The average Bonchev–Trinajstić information content (AvgIpc) is 2.43. The van der Waals surface area contributed by atoms with Gasteiger partial charge in [0.25, 0.3) is 0 Å². The highest BCUT2D eigenvalue weighted by Gasteiger charge is 2.20. The van der Waals surface area contributed by atoms with Crippen molar-refractivity contribution in [1.29, 1.82) is 0 Å². The topological polar surface area (TPSA) is 9.23 Å². The quantitative estimate of drug-likeness (QED) is 0.596. The Labute approximate surface area is 135 Å². The lowest BCUT2D eigenvalue weighted by Crippen LogP contribution is -2.02. The maximum Gasteiger partial charge on any atom is 0.146 e. The number of hydrogen-bond acceptors (Lipinski definition) is 1. The van der Waals surface area contributed by atoms with Crippen molar-refractivity contribution in [3.05, 3.63) is 62.8 Å². The third-order valence-corrected chi connectivity index (χ3v) is 4.05. The molecule has 0 spiro atoms. The molecular formula is C15H12BrCl2FO. The van der Waals surface area contributed by atoms with Gasteiger partial charge in [0.2, 0.25) is 0 Å². The van der Waals surface area contributed by atoms with E-state index in [4.69, 9.17) is 27.9 Å². The van der Waals surface area contributed by atoms with E-state index in [-0.39, 0.29) is 5.02 Å². The second kappa shape index (κ2) is 6.79. The molecule has 20 heavy (non-hydrogen) atoms. The van der Waals surface area contributed by atoms with Gasteiger partial charge >= 0.3 is 0 Å². The summed E-state index contributed by atoms with van der Waals surface area (Å²) >= 11 is 15.6. The van der Waals surface area contributed by atoms with E-state index in [0.717, 1.165) is 4.47 Å². The lowest BCUT2D eigenvalue weighted by atomic mass is 10.0. The Hall–Kier alpha value is -0.770. The second-order valence-electron chi connectivity index (χ2n) is 4.12. The SMILES string of the molecule is CCOc1ccc(Br)cc1C(Cl)c1cccc(Cl)c1F. The van der Waals surface area contributed by atoms with E-state index in [1.807, 2.05) is 19.1 Å². The van der Waals surface area contributed by atoms with Crippen molar-refractivity contribution in [3.8, 4) is 5.75 Å². The summed E-state index contributed by atoms with van der Waals surface area (Å²) in [7, 11) is 0. The molecule has 0 aliphatic carbocycles. The third-order valence-electron chi connectivity index (χ3n) is 2.80. The van der Waals surface area contributed by atoms with Crippen LogP contribution in [0.25, 0.3) is 0 Å². The first-order valence-corrected chi connectivity index (χ1v) is 7.65. The van der Waals surface area contributed by atoms with Crippen LogP contribution in [0.15, 0.2) is 40.9 Å². The minimum atomic E-state index is -0.673. The molecule has 1 unspecified atom stereocenters. The van der Waals surface area contributed by atoms with Crippen molar-refractivity contribution < 1.29 is 9.13 Å². The molecule has 0 aliphatic rings. The molecule has 2 rings (SSSR count). The highest BCUT2D eigenvalue weighted by molar-refractivity contribution is 9.10. The van der Waals surface area contributed by atoms with E-state index in [1.54, 1.807) is 18.2 Å². The lowest BCUT2D eigenvalue weighted by Gasteiger charge is -2.16. The van der Waals surface area contributed by atoms with Crippen LogP contribution in [-0.2, 0) is 0 Å². The number of hydrogen-bond donors (Lipinski definition) is 0. The van der Waals surface area contributed by atoms with Gasteiger partial charge in [0.15, 0.2) is 0 Å². The summed E-state index contributed by atoms with van der Waals surface area (Å²) in [6.45, 7) is 2.39. The smallest absolute Gasteiger partial charge is 0.146 e. The first kappa shape index (κ1) is 15.6. The van der Waals surface area contributed by atoms with Crippen LogP contribution in [0.4, 0.5) is 4.39 Å². The van der Waals surface area contributed by atoms with E-state index in [1.165, 1.54) is 6.07 Å². The van der Waals surface area contributed by atoms with Crippen LogP contribution in [0.3, 0.4) is 0 Å². The Morgan fingerprint density at radius 3 is 2.70 bits per heavy atom. The van der Waals surface area contributed by atoms with Crippen molar-refractivity contribution in [2.24, 2.45) is 0 Å². The van der Waals surface area contributed by atoms with Gasteiger partial charge in [0.05, 0.1) is 17.0 Å². The van der Waals surface area contributed by atoms with Gasteiger partial charge < -0.3 is 4.74 Å². The van der Waals surface area contributed by atoms with Gasteiger partial charge in [-0.05, 0) is 31.2 Å². The fraction of sp³-hybridized carbons (Fsp3) is 0.200. The summed E-state index contributed by atoms with van der Waals surface area (Å²) in [6.07, 6.45) is 0. The van der Waals surface area contributed by atoms with Crippen molar-refractivity contribution in [3.63, 3.8) is 0 Å². The summed E-state index contributed by atoms with van der Waals surface area (Å²) in [5.41, 5.74) is 1.03. The summed E-state index contributed by atoms with van der Waals surface area (Å²) in [5, 5.41) is -0.617. The van der Waals surface area contributed by atoms with Gasteiger partial charge in [-0.25, -0.2) is 4.39 Å². The molecule has 1 atom stereocenters. The molecule has 0 aromatic heterocycles. The molecule has 5 heteroatoms. The summed E-state index contributed by atoms with van der Waals surface area (Å²) in [6, 6.07) is 10.3. The van der Waals surface area contributed by atoms with Crippen LogP contribution >= 0.6 is 39.1 Å². The van der Waals surface area contributed by atoms with Crippen LogP contribution in [0, 0.1) is 5.82 Å². The molecule has 0 saturated carbocycles. The second-order valence-corrected chi connectivity index (χ2v) is 5.88. The van der Waals surface area contributed by atoms with Gasteiger partial charge in [0, 0.05) is 15.6 Å². The fourth-order valence-corrected chi connectivity index (χ4v) is 2.79. The lowest BCUT2D eigenvalue weighted by molar-refractivity contribution is 0.336. The van der Waals surface area contributed by atoms with Crippen molar-refractivity contribution in [2.75, 3.05) is 6.61 Å². The first-order chi connectivity index (χ1) is 9.54. The molecule has 0 radical (unpaired) electrons. The number of benzene rings is 2. The molecular weight excluding hydrogens is 366 g/mol. The largest absolute Gasteiger partial charge is 0.494 e. The summed E-state index contributed by atoms with van der Waals surface area (Å²) < 4.78 is 20.5. The van der Waals surface area contributed by atoms with Crippen molar-refractivity contribution in [2.45, 2.75) is 12.3 Å². The van der Waals surface area contributed by atoms with Crippen molar-refractivity contribution in [1.82, 2.24) is 0 Å². The molecule has 1 nitrogen and oxygen atoms in total. The number of alkyl halides is 1. The number of ether oxygens (including phenoxy) is 1. The van der Waals surface area contributed by atoms with E-state index in [0.29, 0.717) is 23.5 Å². The molecule has 0 aliphatic heterocycles. The Kier molecular flexibility index (Phi) is 5.30. The number of halogens is 4. The Balaban J connectivity index is 2.49. The monoisotopic (exact) mass is 376 g/mol. The molecule has 0 bridgehead atoms. The van der Waals surface area contributed by atoms with E-state index in [9.17, 15) is 4.39 Å². The van der Waals surface area contributed by atoms with Gasteiger partial charge in [-0.3, -0.25) is 0 Å². The van der Waals surface area contributed by atoms with E-state index < -0.39 is 11.2 Å². The molecule has 2 aromatic rings. The van der Waals surface area contributed by atoms with Crippen LogP contribution < -0.4 is 4.74 Å². The Bertz CT molecular complexity index is 619. The highest BCUT2D eigenvalue weighted by Crippen LogP contribution is 2.38. The normalized spacial score (nSPS) is 12.2. The summed E-state index contributed by atoms with van der Waals surface area (Å²) in [4.78, 5) is 0. The Morgan fingerprint density at radius 1 is 1.25 bits per heavy atom. The first-order valence-electron chi connectivity index (χ1n) is 6.04. The highest BCUT2D eigenvalue weighted by atomic mass is 79.9. The molecule has 0 saturated heterocycles. The molecule has 0 amide bonds. The minimum Gasteiger partial charge on any atom is -0.494 e. The van der Waals surface area contributed by atoms with Gasteiger partial charge in [-0.1, -0.05) is 39.7 Å². The Morgan fingerprint density at radius 2 is 2.00 bits per heavy atom. The van der Waals surface area contributed by atoms with Gasteiger partial charge in [-0.15, -0.1) is 11.6 Å². The standard InChI is InChI=1S/C15H12BrCl2FO/c1-2-20-13-7-6-9(16)8-11(13)14(18)10-4-3-5-12(17)15(10)19/h3-8,14H,2H2,1H3. The zero-order chi connectivity index (χ0) is 14.7. The van der Waals surface area contributed by atoms with E-state index in [2.05, 4.69) is 15.9 Å². The van der Waals surface area contributed by atoms with Crippen LogP contribution in [0.1, 0.15) is 23.4 Å². The third kappa shape index (κ3) is 3.27. The zero-order valence-corrected chi connectivity index (χ0v) is 13.8. The van der Waals surface area contributed by atoms with Gasteiger partial charge in [-0.2, -0.15) is 0 Å². The predicted molar refractivity (Wildman–Crippen MR) is 84.4 cm³/mol. The molecule has 0 heterocycles. The molecule has 2 aromatic carbocycles. The zero-order valence-electron chi connectivity index (χ0n) is 10.7. The maximum atomic E-state index is 14.1. The summed E-state index contributed by atoms with van der Waals surface area (Å²) in [5.74, 6) is 0.131. The molecule has 0 N–H and O–H groups in total. The average molecular weight is 378 g/mol. The molecule has 0 fully saturated rings.